The predicted octanol–water partition coefficient (Wildman–Crippen LogP) is 4.77. The van der Waals surface area contributed by atoms with Gasteiger partial charge in [0, 0.05) is 12.1 Å². The van der Waals surface area contributed by atoms with Crippen LogP contribution in [0.2, 0.25) is 0 Å². The highest BCUT2D eigenvalue weighted by atomic mass is 19.4. The molecule has 0 aliphatic carbocycles. The van der Waals surface area contributed by atoms with Gasteiger partial charge in [0.15, 0.2) is 0 Å². The topological polar surface area (TPSA) is 107 Å². The van der Waals surface area contributed by atoms with Gasteiger partial charge in [-0.3, -0.25) is 19.7 Å². The Balaban J connectivity index is 1.53. The number of nitro benzene ring substituents is 1. The number of rotatable bonds is 5. The third-order valence-corrected chi connectivity index (χ3v) is 5.07. The number of nitro groups is 1. The summed E-state index contributed by atoms with van der Waals surface area (Å²) in [4.78, 5) is 48.7. The van der Waals surface area contributed by atoms with E-state index in [4.69, 9.17) is 4.74 Å². The molecule has 2 amide bonds. The number of benzene rings is 3. The van der Waals surface area contributed by atoms with Crippen molar-refractivity contribution >= 4 is 29.2 Å². The lowest BCUT2D eigenvalue weighted by Gasteiger charge is -2.16. The molecular weight excluding hydrogens is 457 g/mol. The molecule has 8 nitrogen and oxygen atoms in total. The molecule has 172 valence electrons. The second-order valence-corrected chi connectivity index (χ2v) is 7.25. The molecule has 34 heavy (non-hydrogen) atoms. The first-order valence-electron chi connectivity index (χ1n) is 9.67. The van der Waals surface area contributed by atoms with Crippen LogP contribution in [0.1, 0.15) is 42.2 Å². The minimum Gasteiger partial charge on any atom is -0.457 e. The third kappa shape index (κ3) is 4.22. The molecule has 0 atom stereocenters. The number of hydrogen-bond donors (Lipinski definition) is 0. The minimum absolute atomic E-state index is 0.0484. The molecule has 0 bridgehead atoms. The molecule has 0 saturated carbocycles. The zero-order chi connectivity index (χ0) is 24.6. The van der Waals surface area contributed by atoms with E-state index in [1.807, 2.05) is 0 Å². The van der Waals surface area contributed by atoms with Crippen LogP contribution in [0, 0.1) is 10.1 Å². The zero-order valence-electron chi connectivity index (χ0n) is 17.0. The quantitative estimate of drug-likeness (QED) is 0.230. The number of ether oxygens (including phenoxy) is 1. The lowest BCUT2D eigenvalue weighted by atomic mass is 10.1. The van der Waals surface area contributed by atoms with Crippen molar-refractivity contribution in [2.45, 2.75) is 12.8 Å². The number of anilines is 1. The van der Waals surface area contributed by atoms with Crippen LogP contribution < -0.4 is 4.90 Å². The van der Waals surface area contributed by atoms with Crippen LogP contribution in [0.4, 0.5) is 24.5 Å². The average molecular weight is 470 g/mol. The van der Waals surface area contributed by atoms with E-state index in [-0.39, 0.29) is 34.7 Å². The Bertz CT molecular complexity index is 1340. The smallest absolute Gasteiger partial charge is 0.416 e. The van der Waals surface area contributed by atoms with Gasteiger partial charge in [-0.1, -0.05) is 6.07 Å². The molecule has 0 fully saturated rings. The van der Waals surface area contributed by atoms with E-state index in [0.29, 0.717) is 16.5 Å². The molecule has 0 saturated heterocycles. The molecule has 11 heteroatoms. The van der Waals surface area contributed by atoms with Crippen molar-refractivity contribution in [3.63, 3.8) is 0 Å². The number of non-ortho nitro benzene ring substituents is 1. The van der Waals surface area contributed by atoms with E-state index < -0.39 is 34.4 Å². The Morgan fingerprint density at radius 1 is 0.941 bits per heavy atom. The first kappa shape index (κ1) is 22.6. The minimum atomic E-state index is -4.66. The van der Waals surface area contributed by atoms with Gasteiger partial charge in [0.05, 0.1) is 32.9 Å². The van der Waals surface area contributed by atoms with E-state index in [9.17, 15) is 37.7 Å². The third-order valence-electron chi connectivity index (χ3n) is 5.07. The molecule has 0 spiro atoms. The van der Waals surface area contributed by atoms with Gasteiger partial charge in [0.2, 0.25) is 0 Å². The first-order valence-corrected chi connectivity index (χ1v) is 9.67. The van der Waals surface area contributed by atoms with E-state index in [1.165, 1.54) is 42.5 Å². The van der Waals surface area contributed by atoms with Gasteiger partial charge in [-0.15, -0.1) is 0 Å². The molecule has 0 N–H and O–H groups in total. The summed E-state index contributed by atoms with van der Waals surface area (Å²) in [6.07, 6.45) is -4.66. The maximum Gasteiger partial charge on any atom is 0.416 e. The van der Waals surface area contributed by atoms with Gasteiger partial charge >= 0.3 is 12.1 Å². The normalized spacial score (nSPS) is 13.1. The van der Waals surface area contributed by atoms with Crippen LogP contribution in [-0.4, -0.2) is 22.7 Å². The van der Waals surface area contributed by atoms with Gasteiger partial charge in [-0.05, 0) is 54.1 Å². The maximum atomic E-state index is 13.0. The molecule has 0 aromatic heterocycles. The summed E-state index contributed by atoms with van der Waals surface area (Å²) < 4.78 is 44.3. The monoisotopic (exact) mass is 470 g/mol. The van der Waals surface area contributed by atoms with Gasteiger partial charge in [-0.25, -0.2) is 9.69 Å². The highest BCUT2D eigenvalue weighted by Crippen LogP contribution is 2.34. The van der Waals surface area contributed by atoms with Gasteiger partial charge < -0.3 is 4.74 Å². The molecule has 3 aromatic carbocycles. The fourth-order valence-corrected chi connectivity index (χ4v) is 3.37. The average Bonchev–Trinajstić information content (AvgIpc) is 3.06. The Kier molecular flexibility index (Phi) is 5.61. The van der Waals surface area contributed by atoms with Crippen molar-refractivity contribution in [3.05, 3.63) is 105 Å². The Morgan fingerprint density at radius 3 is 2.26 bits per heavy atom. The number of carbonyl (C=O) groups excluding carboxylic acids is 3. The van der Waals surface area contributed by atoms with Crippen molar-refractivity contribution in [1.29, 1.82) is 0 Å². The Hall–Kier alpha value is -4.54. The predicted molar refractivity (Wildman–Crippen MR) is 111 cm³/mol. The van der Waals surface area contributed by atoms with Gasteiger partial charge in [-0.2, -0.15) is 13.2 Å². The molecule has 3 aromatic rings. The van der Waals surface area contributed by atoms with Gasteiger partial charge in [0.25, 0.3) is 17.5 Å². The number of halogens is 3. The fourth-order valence-electron chi connectivity index (χ4n) is 3.37. The fraction of sp³-hybridized carbons (Fsp3) is 0.0870. The van der Waals surface area contributed by atoms with E-state index >= 15 is 0 Å². The standard InChI is InChI=1S/C23H13F3N2O6/c24-23(25,26)15-2-1-3-17(11-15)27-20(29)18-9-6-14(10-19(18)21(27)30)22(31)34-12-13-4-7-16(8-5-13)28(32)33/h1-11H,12H2. The highest BCUT2D eigenvalue weighted by Gasteiger charge is 2.38. The Morgan fingerprint density at radius 2 is 1.62 bits per heavy atom. The number of alkyl halides is 3. The maximum absolute atomic E-state index is 13.0. The summed E-state index contributed by atoms with van der Waals surface area (Å²) in [6.45, 7) is -0.197. The number of nitrogens with zero attached hydrogens (tertiary/aromatic N) is 2. The van der Waals surface area contributed by atoms with Crippen molar-refractivity contribution in [2.75, 3.05) is 4.90 Å². The SMILES string of the molecule is O=C(OCc1ccc([N+](=O)[O-])cc1)c1ccc2c(c1)C(=O)N(c1cccc(C(F)(F)F)c1)C2=O. The van der Waals surface area contributed by atoms with Crippen LogP contribution in [0.25, 0.3) is 0 Å². The summed E-state index contributed by atoms with van der Waals surface area (Å²) in [6, 6.07) is 12.8. The lowest BCUT2D eigenvalue weighted by Crippen LogP contribution is -2.29. The highest BCUT2D eigenvalue weighted by molar-refractivity contribution is 6.34. The second-order valence-electron chi connectivity index (χ2n) is 7.25. The number of fused-ring (bicyclic) bond motifs is 1. The second kappa shape index (κ2) is 8.43. The summed E-state index contributed by atoms with van der Waals surface area (Å²) in [7, 11) is 0. The van der Waals surface area contributed by atoms with E-state index in [0.717, 1.165) is 18.2 Å². The van der Waals surface area contributed by atoms with Crippen LogP contribution in [0.5, 0.6) is 0 Å². The van der Waals surface area contributed by atoms with Crippen molar-refractivity contribution < 1.29 is 37.2 Å². The molecule has 1 aliphatic rings. The molecule has 0 unspecified atom stereocenters. The van der Waals surface area contributed by atoms with E-state index in [1.54, 1.807) is 0 Å². The summed E-state index contributed by atoms with van der Waals surface area (Å²) in [5.41, 5.74) is -1.15. The molecule has 4 rings (SSSR count). The van der Waals surface area contributed by atoms with Crippen LogP contribution in [0.15, 0.2) is 66.7 Å². The van der Waals surface area contributed by atoms with Crippen molar-refractivity contribution in [3.8, 4) is 0 Å². The zero-order valence-corrected chi connectivity index (χ0v) is 17.0. The van der Waals surface area contributed by atoms with E-state index in [2.05, 4.69) is 0 Å². The number of esters is 1. The number of imide groups is 1. The molecule has 1 heterocycles. The summed E-state index contributed by atoms with van der Waals surface area (Å²) in [5.74, 6) is -2.51. The van der Waals surface area contributed by atoms with Crippen molar-refractivity contribution in [2.24, 2.45) is 0 Å². The molecule has 0 radical (unpaired) electrons. The van der Waals surface area contributed by atoms with Crippen LogP contribution in [-0.2, 0) is 17.5 Å². The molecule has 1 aliphatic heterocycles. The van der Waals surface area contributed by atoms with Crippen LogP contribution in [0.3, 0.4) is 0 Å². The lowest BCUT2D eigenvalue weighted by molar-refractivity contribution is -0.384. The first-order chi connectivity index (χ1) is 16.1. The molecular formula is C23H13F3N2O6. The van der Waals surface area contributed by atoms with Crippen LogP contribution >= 0.6 is 0 Å². The number of amides is 2. The Labute approximate surface area is 189 Å². The number of carbonyl (C=O) groups is 3. The largest absolute Gasteiger partial charge is 0.457 e. The summed E-state index contributed by atoms with van der Waals surface area (Å²) in [5, 5.41) is 10.7. The summed E-state index contributed by atoms with van der Waals surface area (Å²) >= 11 is 0. The van der Waals surface area contributed by atoms with Gasteiger partial charge in [0.1, 0.15) is 6.61 Å². The number of hydrogen-bond acceptors (Lipinski definition) is 6. The van der Waals surface area contributed by atoms with Crippen molar-refractivity contribution in [1.82, 2.24) is 0 Å².